The molecule has 0 bridgehead atoms. The smallest absolute Gasteiger partial charge is 0.410 e. The van der Waals surface area contributed by atoms with E-state index in [1.165, 1.54) is 22.4 Å². The van der Waals surface area contributed by atoms with Crippen LogP contribution >= 0.6 is 0 Å². The van der Waals surface area contributed by atoms with Crippen molar-refractivity contribution in [2.75, 3.05) is 13.1 Å². The third-order valence-corrected chi connectivity index (χ3v) is 3.96. The zero-order valence-corrected chi connectivity index (χ0v) is 15.0. The predicted molar refractivity (Wildman–Crippen MR) is 94.1 cm³/mol. The topological polar surface area (TPSA) is 41.9 Å². The van der Waals surface area contributed by atoms with Gasteiger partial charge in [0.1, 0.15) is 5.60 Å². The molecule has 0 aliphatic carbocycles. The molecule has 1 aromatic rings. The molecule has 0 aromatic heterocycles. The van der Waals surface area contributed by atoms with E-state index in [0.29, 0.717) is 13.1 Å². The van der Waals surface area contributed by atoms with Crippen LogP contribution in [-0.4, -0.2) is 35.4 Å². The molecular formula is C19H28N2O2. The second-order valence-electron chi connectivity index (χ2n) is 7.28. The summed E-state index contributed by atoms with van der Waals surface area (Å²) in [4.78, 5) is 18.6. The molecule has 2 rings (SSSR count). The van der Waals surface area contributed by atoms with Gasteiger partial charge in [0, 0.05) is 31.6 Å². The van der Waals surface area contributed by atoms with Crippen molar-refractivity contribution in [3.05, 3.63) is 34.9 Å². The molecule has 0 saturated carbocycles. The van der Waals surface area contributed by atoms with Crippen LogP contribution in [0.5, 0.6) is 0 Å². The van der Waals surface area contributed by atoms with E-state index in [1.807, 2.05) is 20.8 Å². The summed E-state index contributed by atoms with van der Waals surface area (Å²) in [5, 5.41) is 0. The number of likely N-dealkylation sites (tertiary alicyclic amines) is 1. The molecule has 4 nitrogen and oxygen atoms in total. The molecule has 1 heterocycles. The molecule has 0 N–H and O–H groups in total. The molecule has 1 fully saturated rings. The first-order chi connectivity index (χ1) is 10.7. The number of piperidine rings is 1. The van der Waals surface area contributed by atoms with Crippen molar-refractivity contribution in [1.82, 2.24) is 4.90 Å². The maximum atomic E-state index is 12.0. The van der Waals surface area contributed by atoms with Crippen LogP contribution < -0.4 is 0 Å². The molecule has 0 spiro atoms. The van der Waals surface area contributed by atoms with Gasteiger partial charge >= 0.3 is 6.09 Å². The molecule has 23 heavy (non-hydrogen) atoms. The second-order valence-corrected chi connectivity index (χ2v) is 7.28. The SMILES string of the molecule is Cc1ccc(CN=C2CCN(C(=O)OC(C)(C)C)CC2)c(C)c1. The van der Waals surface area contributed by atoms with E-state index in [1.54, 1.807) is 4.90 Å². The first-order valence-electron chi connectivity index (χ1n) is 8.31. The number of aryl methyl sites for hydroxylation is 2. The number of hydrogen-bond donors (Lipinski definition) is 0. The molecule has 0 radical (unpaired) electrons. The highest BCUT2D eigenvalue weighted by Crippen LogP contribution is 2.16. The van der Waals surface area contributed by atoms with E-state index in [0.717, 1.165) is 19.4 Å². The van der Waals surface area contributed by atoms with E-state index < -0.39 is 5.60 Å². The number of ether oxygens (including phenoxy) is 1. The fourth-order valence-electron chi connectivity index (χ4n) is 2.65. The largest absolute Gasteiger partial charge is 0.444 e. The monoisotopic (exact) mass is 316 g/mol. The zero-order valence-electron chi connectivity index (χ0n) is 15.0. The molecule has 1 amide bonds. The van der Waals surface area contributed by atoms with Gasteiger partial charge in [-0.3, -0.25) is 4.99 Å². The van der Waals surface area contributed by atoms with Crippen molar-refractivity contribution in [2.24, 2.45) is 4.99 Å². The summed E-state index contributed by atoms with van der Waals surface area (Å²) in [6.45, 7) is 12.0. The lowest BCUT2D eigenvalue weighted by atomic mass is 10.1. The van der Waals surface area contributed by atoms with Crippen molar-refractivity contribution in [3.63, 3.8) is 0 Å². The predicted octanol–water partition coefficient (Wildman–Crippen LogP) is 4.28. The van der Waals surface area contributed by atoms with Crippen molar-refractivity contribution in [1.29, 1.82) is 0 Å². The number of amides is 1. The highest BCUT2D eigenvalue weighted by molar-refractivity contribution is 5.86. The van der Waals surface area contributed by atoms with Crippen LogP contribution in [0.15, 0.2) is 23.2 Å². The summed E-state index contributed by atoms with van der Waals surface area (Å²) in [5.41, 5.74) is 4.61. The Balaban J connectivity index is 1.87. The summed E-state index contributed by atoms with van der Waals surface area (Å²) in [5.74, 6) is 0. The van der Waals surface area contributed by atoms with Crippen LogP contribution in [0.3, 0.4) is 0 Å². The van der Waals surface area contributed by atoms with Crippen LogP contribution in [0.2, 0.25) is 0 Å². The summed E-state index contributed by atoms with van der Waals surface area (Å²) in [6.07, 6.45) is 1.46. The van der Waals surface area contributed by atoms with Crippen molar-refractivity contribution in [2.45, 2.75) is 59.6 Å². The first-order valence-corrected chi connectivity index (χ1v) is 8.31. The number of rotatable bonds is 2. The van der Waals surface area contributed by atoms with Crippen LogP contribution in [-0.2, 0) is 11.3 Å². The van der Waals surface area contributed by atoms with Gasteiger partial charge in [0.05, 0.1) is 6.54 Å². The van der Waals surface area contributed by atoms with Crippen molar-refractivity contribution < 1.29 is 9.53 Å². The number of carbonyl (C=O) groups excluding carboxylic acids is 1. The Kier molecular flexibility index (Phi) is 5.45. The van der Waals surface area contributed by atoms with E-state index in [9.17, 15) is 4.79 Å². The minimum Gasteiger partial charge on any atom is -0.444 e. The normalized spacial score (nSPS) is 15.5. The molecule has 1 aliphatic heterocycles. The average Bonchev–Trinajstić information content (AvgIpc) is 2.45. The molecule has 1 aliphatic rings. The van der Waals surface area contributed by atoms with E-state index in [2.05, 4.69) is 32.0 Å². The lowest BCUT2D eigenvalue weighted by molar-refractivity contribution is 0.0249. The van der Waals surface area contributed by atoms with Crippen molar-refractivity contribution >= 4 is 11.8 Å². The Labute approximate surface area is 139 Å². The van der Waals surface area contributed by atoms with Crippen LogP contribution in [0, 0.1) is 13.8 Å². The summed E-state index contributed by atoms with van der Waals surface area (Å²) in [7, 11) is 0. The van der Waals surface area contributed by atoms with Gasteiger partial charge in [0.25, 0.3) is 0 Å². The Bertz CT molecular complexity index is 590. The quantitative estimate of drug-likeness (QED) is 0.817. The average molecular weight is 316 g/mol. The third kappa shape index (κ3) is 5.38. The first kappa shape index (κ1) is 17.5. The molecule has 1 saturated heterocycles. The summed E-state index contributed by atoms with van der Waals surface area (Å²) < 4.78 is 5.42. The zero-order chi connectivity index (χ0) is 17.0. The van der Waals surface area contributed by atoms with Gasteiger partial charge < -0.3 is 9.64 Å². The maximum absolute atomic E-state index is 12.0. The van der Waals surface area contributed by atoms with Gasteiger partial charge in [-0.1, -0.05) is 23.8 Å². The number of benzene rings is 1. The molecule has 0 unspecified atom stereocenters. The van der Waals surface area contributed by atoms with E-state index in [-0.39, 0.29) is 6.09 Å². The van der Waals surface area contributed by atoms with E-state index in [4.69, 9.17) is 9.73 Å². The number of nitrogens with zero attached hydrogens (tertiary/aromatic N) is 2. The van der Waals surface area contributed by atoms with Gasteiger partial charge in [-0.15, -0.1) is 0 Å². The fraction of sp³-hybridized carbons (Fsp3) is 0.579. The van der Waals surface area contributed by atoms with Crippen LogP contribution in [0.4, 0.5) is 4.79 Å². The van der Waals surface area contributed by atoms with Gasteiger partial charge in [-0.05, 0) is 45.7 Å². The Hall–Kier alpha value is -1.84. The lowest BCUT2D eigenvalue weighted by Gasteiger charge is -2.30. The van der Waals surface area contributed by atoms with Crippen LogP contribution in [0.1, 0.15) is 50.3 Å². The standard InChI is InChI=1S/C19H28N2O2/c1-14-6-7-16(15(2)12-14)13-20-17-8-10-21(11-9-17)18(22)23-19(3,4)5/h6-7,12H,8-11,13H2,1-5H3. The second kappa shape index (κ2) is 7.16. The fourth-order valence-corrected chi connectivity index (χ4v) is 2.65. The molecule has 0 atom stereocenters. The number of carbonyl (C=O) groups is 1. The third-order valence-electron chi connectivity index (χ3n) is 3.96. The molecule has 126 valence electrons. The van der Waals surface area contributed by atoms with Crippen LogP contribution in [0.25, 0.3) is 0 Å². The van der Waals surface area contributed by atoms with Gasteiger partial charge in [0.2, 0.25) is 0 Å². The molecule has 4 heteroatoms. The summed E-state index contributed by atoms with van der Waals surface area (Å²) in [6, 6.07) is 6.48. The van der Waals surface area contributed by atoms with Crippen molar-refractivity contribution in [3.8, 4) is 0 Å². The highest BCUT2D eigenvalue weighted by Gasteiger charge is 2.24. The molecule has 1 aromatic carbocycles. The number of hydrogen-bond acceptors (Lipinski definition) is 3. The Morgan fingerprint density at radius 3 is 2.43 bits per heavy atom. The minimum atomic E-state index is -0.436. The number of aliphatic imine (C=N–C) groups is 1. The minimum absolute atomic E-state index is 0.217. The lowest BCUT2D eigenvalue weighted by Crippen LogP contribution is -2.41. The molecular weight excluding hydrogens is 288 g/mol. The maximum Gasteiger partial charge on any atom is 0.410 e. The Morgan fingerprint density at radius 2 is 1.87 bits per heavy atom. The highest BCUT2D eigenvalue weighted by atomic mass is 16.6. The van der Waals surface area contributed by atoms with Gasteiger partial charge in [-0.2, -0.15) is 0 Å². The Morgan fingerprint density at radius 1 is 1.22 bits per heavy atom. The van der Waals surface area contributed by atoms with E-state index >= 15 is 0 Å². The van der Waals surface area contributed by atoms with Gasteiger partial charge in [0.15, 0.2) is 0 Å². The van der Waals surface area contributed by atoms with Gasteiger partial charge in [-0.25, -0.2) is 4.79 Å². The summed E-state index contributed by atoms with van der Waals surface area (Å²) >= 11 is 0.